The maximum Gasteiger partial charge on any atom is 0.343 e. The Bertz CT molecular complexity index is 891. The van der Waals surface area contributed by atoms with Crippen LogP contribution in [0.15, 0.2) is 22.7 Å². The second kappa shape index (κ2) is 4.95. The first kappa shape index (κ1) is 16.3. The molecular formula is C17H16BrN4O3+. The fourth-order valence-corrected chi connectivity index (χ4v) is 4.74. The number of nitrogens with zero attached hydrogens (tertiary/aromatic N) is 2. The first-order valence-electron chi connectivity index (χ1n) is 7.81. The molecule has 2 fully saturated rings. The van der Waals surface area contributed by atoms with Crippen molar-refractivity contribution in [3.05, 3.63) is 28.2 Å². The van der Waals surface area contributed by atoms with Gasteiger partial charge in [0, 0.05) is 10.0 Å². The zero-order valence-electron chi connectivity index (χ0n) is 13.7. The number of nitrogens with two attached hydrogens (primary N) is 1. The molecule has 1 aromatic rings. The van der Waals surface area contributed by atoms with Crippen molar-refractivity contribution in [3.8, 4) is 17.9 Å². The molecule has 1 saturated heterocycles. The van der Waals surface area contributed by atoms with Crippen molar-refractivity contribution < 1.29 is 19.2 Å². The van der Waals surface area contributed by atoms with Gasteiger partial charge in [0.25, 0.3) is 5.84 Å². The lowest BCUT2D eigenvalue weighted by Gasteiger charge is -2.24. The molecule has 1 spiro atoms. The molecule has 1 aromatic carbocycles. The summed E-state index contributed by atoms with van der Waals surface area (Å²) in [5.74, 6) is -1.19. The van der Waals surface area contributed by atoms with E-state index in [0.717, 1.165) is 10.0 Å². The van der Waals surface area contributed by atoms with E-state index < -0.39 is 22.7 Å². The molecule has 7 nitrogen and oxygen atoms in total. The molecule has 128 valence electrons. The third-order valence-corrected chi connectivity index (χ3v) is 5.89. The number of amidine groups is 1. The van der Waals surface area contributed by atoms with Crippen LogP contribution >= 0.6 is 15.9 Å². The molecule has 1 aliphatic carbocycles. The average Bonchev–Trinajstić information content (AvgIpc) is 2.98. The molecule has 0 unspecified atom stereocenters. The van der Waals surface area contributed by atoms with Crippen LogP contribution in [0.3, 0.4) is 0 Å². The van der Waals surface area contributed by atoms with Crippen molar-refractivity contribution >= 4 is 21.8 Å². The molecule has 25 heavy (non-hydrogen) atoms. The monoisotopic (exact) mass is 403 g/mol. The Morgan fingerprint density at radius 3 is 2.72 bits per heavy atom. The van der Waals surface area contributed by atoms with E-state index in [0.29, 0.717) is 12.4 Å². The Balaban J connectivity index is 1.95. The van der Waals surface area contributed by atoms with E-state index in [1.54, 1.807) is 13.2 Å². The molecule has 0 aromatic heterocycles. The third-order valence-electron chi connectivity index (χ3n) is 5.39. The Morgan fingerprint density at radius 1 is 1.40 bits per heavy atom. The molecule has 0 radical (unpaired) electrons. The maximum absolute atomic E-state index is 10.1. The number of benzene rings is 1. The first-order chi connectivity index (χ1) is 11.9. The topological polar surface area (TPSA) is 115 Å². The molecule has 8 heteroatoms. The Labute approximate surface area is 153 Å². The molecule has 4 rings (SSSR count). The minimum absolute atomic E-state index is 0.192. The zero-order chi connectivity index (χ0) is 18.0. The summed E-state index contributed by atoms with van der Waals surface area (Å²) in [6.45, 7) is 2.16. The second-order valence-corrected chi connectivity index (χ2v) is 7.47. The third kappa shape index (κ3) is 1.63. The Hall–Kier alpha value is -2.13. The number of nitriles is 2. The van der Waals surface area contributed by atoms with Crippen LogP contribution < -0.4 is 15.5 Å². The molecule has 3 aliphatic rings. The number of nitrogens with one attached hydrogen (secondary N) is 1. The fourth-order valence-electron chi connectivity index (χ4n) is 4.36. The van der Waals surface area contributed by atoms with E-state index in [-0.39, 0.29) is 11.9 Å². The Morgan fingerprint density at radius 2 is 2.16 bits per heavy atom. The quantitative estimate of drug-likeness (QED) is 0.724. The second-order valence-electron chi connectivity index (χ2n) is 6.55. The smallest absolute Gasteiger partial charge is 0.343 e. The molecule has 0 amide bonds. The van der Waals surface area contributed by atoms with Gasteiger partial charge in [-0.1, -0.05) is 15.9 Å². The predicted octanol–water partition coefficient (Wildman–Crippen LogP) is 0.115. The van der Waals surface area contributed by atoms with Crippen molar-refractivity contribution in [2.75, 3.05) is 13.7 Å². The molecule has 2 heterocycles. The maximum atomic E-state index is 10.1. The van der Waals surface area contributed by atoms with Crippen LogP contribution in [-0.2, 0) is 9.47 Å². The van der Waals surface area contributed by atoms with E-state index in [2.05, 4.69) is 33.1 Å². The van der Waals surface area contributed by atoms with Gasteiger partial charge in [0.05, 0.1) is 37.9 Å². The highest BCUT2D eigenvalue weighted by molar-refractivity contribution is 9.10. The van der Waals surface area contributed by atoms with Crippen molar-refractivity contribution in [1.29, 1.82) is 10.5 Å². The number of rotatable bonds is 2. The lowest BCUT2D eigenvalue weighted by Crippen LogP contribution is -2.90. The molecule has 3 N–H and O–H groups in total. The first-order valence-corrected chi connectivity index (χ1v) is 8.60. The lowest BCUT2D eigenvalue weighted by molar-refractivity contribution is -0.677. The van der Waals surface area contributed by atoms with Crippen LogP contribution in [0.4, 0.5) is 0 Å². The molecule has 2 aliphatic heterocycles. The summed E-state index contributed by atoms with van der Waals surface area (Å²) in [5, 5.41) is 20.1. The van der Waals surface area contributed by atoms with Gasteiger partial charge >= 0.3 is 5.91 Å². The van der Waals surface area contributed by atoms with E-state index in [1.165, 1.54) is 0 Å². The van der Waals surface area contributed by atoms with Gasteiger partial charge in [0.15, 0.2) is 10.8 Å². The number of methoxy groups -OCH3 is 1. The minimum Gasteiger partial charge on any atom is -0.496 e. The molecular weight excluding hydrogens is 388 g/mol. The predicted molar refractivity (Wildman–Crippen MR) is 88.9 cm³/mol. The highest BCUT2D eigenvalue weighted by Gasteiger charge is 2.98. The zero-order valence-corrected chi connectivity index (χ0v) is 15.3. The number of fused-ring (bicyclic) bond motifs is 2. The van der Waals surface area contributed by atoms with Crippen LogP contribution in [0, 0.1) is 33.5 Å². The Kier molecular flexibility index (Phi) is 3.24. The van der Waals surface area contributed by atoms with Crippen molar-refractivity contribution in [2.45, 2.75) is 24.9 Å². The van der Waals surface area contributed by atoms with Gasteiger partial charge in [-0.15, -0.1) is 0 Å². The van der Waals surface area contributed by atoms with Gasteiger partial charge in [0.2, 0.25) is 0 Å². The van der Waals surface area contributed by atoms with Gasteiger partial charge in [-0.25, -0.2) is 4.99 Å². The van der Waals surface area contributed by atoms with Crippen LogP contribution in [-0.4, -0.2) is 31.6 Å². The molecule has 5 atom stereocenters. The highest BCUT2D eigenvalue weighted by atomic mass is 79.9. The highest BCUT2D eigenvalue weighted by Crippen LogP contribution is 2.80. The number of halogens is 1. The summed E-state index contributed by atoms with van der Waals surface area (Å²) in [7, 11) is 1.55. The summed E-state index contributed by atoms with van der Waals surface area (Å²) in [5.41, 5.74) is 4.38. The normalized spacial score (nSPS) is 40.9. The number of hydrogen-bond donors (Lipinski definition) is 2. The minimum atomic E-state index is -1.43. The lowest BCUT2D eigenvalue weighted by atomic mass is 9.93. The summed E-state index contributed by atoms with van der Waals surface area (Å²) in [6.07, 6.45) is -0.217. The standard InChI is InChI=1S/C17H15BrN4O3/c1-9-6-24-17(25-9)16(8-20)13(15(16,7-19)14(21)22-17)11-5-10(18)3-4-12(11)23-2/h3-5,9,13H,6H2,1-2H3,(H2,21,22)/p+1/t9-,13-,15-,16-,17-/m1/s1. The van der Waals surface area contributed by atoms with E-state index >= 15 is 0 Å². The summed E-state index contributed by atoms with van der Waals surface area (Å²) < 4.78 is 18.1. The van der Waals surface area contributed by atoms with Crippen molar-refractivity contribution in [3.63, 3.8) is 0 Å². The average molecular weight is 404 g/mol. The van der Waals surface area contributed by atoms with Crippen LogP contribution in [0.1, 0.15) is 18.4 Å². The van der Waals surface area contributed by atoms with Gasteiger partial charge in [-0.2, -0.15) is 10.5 Å². The molecule has 0 bridgehead atoms. The van der Waals surface area contributed by atoms with Gasteiger partial charge in [-0.05, 0) is 25.1 Å². The van der Waals surface area contributed by atoms with E-state index in [9.17, 15) is 10.5 Å². The largest absolute Gasteiger partial charge is 0.496 e. The SMILES string of the molecule is COc1ccc(Br)cc1[C@H]1[C@@]2(C#N)[C@@]3([NH+]=C(N)[C@@]12C#N)OC[C@@H](C)O3. The van der Waals surface area contributed by atoms with Crippen molar-refractivity contribution in [1.82, 2.24) is 0 Å². The summed E-state index contributed by atoms with van der Waals surface area (Å²) in [4.78, 5) is 2.95. The van der Waals surface area contributed by atoms with E-state index in [1.807, 2.05) is 19.1 Å². The van der Waals surface area contributed by atoms with Crippen molar-refractivity contribution in [2.24, 2.45) is 16.6 Å². The number of hydrogen-bond acceptors (Lipinski definition) is 6. The van der Waals surface area contributed by atoms with E-state index in [4.69, 9.17) is 19.9 Å². The number of ether oxygens (including phenoxy) is 3. The van der Waals surface area contributed by atoms with Crippen LogP contribution in [0.25, 0.3) is 0 Å². The van der Waals surface area contributed by atoms with Gasteiger partial charge < -0.3 is 14.2 Å². The fraction of sp³-hybridized carbons (Fsp3) is 0.471. The van der Waals surface area contributed by atoms with Crippen LogP contribution in [0.5, 0.6) is 5.75 Å². The summed E-state index contributed by atoms with van der Waals surface area (Å²) >= 11 is 3.44. The van der Waals surface area contributed by atoms with Gasteiger partial charge in [0.1, 0.15) is 5.75 Å². The summed E-state index contributed by atoms with van der Waals surface area (Å²) in [6, 6.07) is 10.0. The van der Waals surface area contributed by atoms with Crippen LogP contribution in [0.2, 0.25) is 0 Å². The molecule has 1 saturated carbocycles. The van der Waals surface area contributed by atoms with Gasteiger partial charge in [-0.3, -0.25) is 5.73 Å².